The van der Waals surface area contributed by atoms with Gasteiger partial charge in [-0.3, -0.25) is 8.42 Å². The van der Waals surface area contributed by atoms with Crippen molar-refractivity contribution in [2.24, 2.45) is 0 Å². The van der Waals surface area contributed by atoms with Gasteiger partial charge < -0.3 is 9.11 Å². The van der Waals surface area contributed by atoms with Crippen molar-refractivity contribution in [3.8, 4) is 0 Å². The fourth-order valence-corrected chi connectivity index (χ4v) is 3.73. The number of benzene rings is 2. The third-order valence-corrected chi connectivity index (χ3v) is 6.00. The molecule has 0 heterocycles. The molecule has 2 aromatic rings. The van der Waals surface area contributed by atoms with Gasteiger partial charge in [-0.1, -0.05) is 69.6 Å². The molecule has 2 aromatic carbocycles. The molecule has 25 heavy (non-hydrogen) atoms. The summed E-state index contributed by atoms with van der Waals surface area (Å²) >= 11 is 28.6. The Hall–Kier alpha value is 1.02. The maximum Gasteiger partial charge on any atom is 2.00 e. The van der Waals surface area contributed by atoms with Crippen molar-refractivity contribution < 1.29 is 37.0 Å². The molecular formula is C12H4Cl6O4S2Zn. The second-order valence-electron chi connectivity index (χ2n) is 3.86. The molecule has 0 saturated heterocycles. The van der Waals surface area contributed by atoms with Gasteiger partial charge in [0.1, 0.15) is 0 Å². The van der Waals surface area contributed by atoms with E-state index in [9.17, 15) is 17.5 Å². The summed E-state index contributed by atoms with van der Waals surface area (Å²) in [6.07, 6.45) is 0. The quantitative estimate of drug-likeness (QED) is 0.268. The van der Waals surface area contributed by atoms with Crippen LogP contribution < -0.4 is 0 Å². The third-order valence-electron chi connectivity index (χ3n) is 2.31. The normalized spacial score (nSPS) is 12.5. The average molecular weight is 554 g/mol. The van der Waals surface area contributed by atoms with Gasteiger partial charge in [0.15, 0.2) is 0 Å². The Bertz CT molecular complexity index is 753. The number of rotatable bonds is 2. The van der Waals surface area contributed by atoms with Crippen LogP contribution in [0.1, 0.15) is 0 Å². The van der Waals surface area contributed by atoms with Crippen LogP contribution >= 0.6 is 69.6 Å². The Morgan fingerprint density at radius 1 is 0.560 bits per heavy atom. The van der Waals surface area contributed by atoms with E-state index in [0.717, 1.165) is 0 Å². The number of halogens is 6. The van der Waals surface area contributed by atoms with Crippen LogP contribution in [0.5, 0.6) is 0 Å². The minimum absolute atomic E-state index is 0. The molecule has 0 aromatic heterocycles. The Morgan fingerprint density at radius 2 is 0.800 bits per heavy atom. The Balaban J connectivity index is 0.000000443. The Kier molecular flexibility index (Phi) is 12.3. The fraction of sp³-hybridized carbons (Fsp3) is 0. The predicted octanol–water partition coefficient (Wildman–Crippen LogP) is 5.77. The van der Waals surface area contributed by atoms with E-state index in [-0.39, 0.29) is 59.4 Å². The molecule has 0 amide bonds. The topological polar surface area (TPSA) is 80.3 Å². The minimum atomic E-state index is -2.38. The maximum absolute atomic E-state index is 10.5. The first-order chi connectivity index (χ1) is 11.0. The van der Waals surface area contributed by atoms with Crippen molar-refractivity contribution in [3.05, 3.63) is 54.4 Å². The van der Waals surface area contributed by atoms with E-state index in [0.29, 0.717) is 0 Å². The molecule has 2 atom stereocenters. The van der Waals surface area contributed by atoms with Crippen LogP contribution in [0.15, 0.2) is 34.1 Å². The predicted molar refractivity (Wildman–Crippen MR) is 97.3 cm³/mol. The van der Waals surface area contributed by atoms with E-state index in [1.165, 1.54) is 24.3 Å². The van der Waals surface area contributed by atoms with E-state index in [2.05, 4.69) is 0 Å². The minimum Gasteiger partial charge on any atom is -0.768 e. The molecule has 4 nitrogen and oxygen atoms in total. The van der Waals surface area contributed by atoms with Crippen LogP contribution in [0, 0.1) is 0 Å². The molecule has 0 radical (unpaired) electrons. The summed E-state index contributed by atoms with van der Waals surface area (Å²) in [4.78, 5) is -0.0999. The smallest absolute Gasteiger partial charge is 0.768 e. The first kappa shape index (κ1) is 26.0. The molecular weight excluding hydrogens is 550 g/mol. The second kappa shape index (κ2) is 11.8. The van der Waals surface area contributed by atoms with Gasteiger partial charge in [-0.2, -0.15) is 0 Å². The molecule has 13 heteroatoms. The van der Waals surface area contributed by atoms with Gasteiger partial charge in [0.05, 0.1) is 30.1 Å². The molecule has 0 spiro atoms. The van der Waals surface area contributed by atoms with Crippen molar-refractivity contribution in [1.82, 2.24) is 0 Å². The second-order valence-corrected chi connectivity index (χ2v) is 8.12. The SMILES string of the molecule is O=S([O-])c1cc(Cl)c(Cl)cc1Cl.O=S([O-])c1cc(Cl)c(Cl)cc1Cl.[Zn+2]. The number of hydrogen-bond donors (Lipinski definition) is 0. The van der Waals surface area contributed by atoms with E-state index in [1.54, 1.807) is 0 Å². The van der Waals surface area contributed by atoms with Crippen molar-refractivity contribution in [1.29, 1.82) is 0 Å². The van der Waals surface area contributed by atoms with Crippen LogP contribution in [0.3, 0.4) is 0 Å². The molecule has 2 unspecified atom stereocenters. The monoisotopic (exact) mass is 550 g/mol. The van der Waals surface area contributed by atoms with Crippen LogP contribution in [0.25, 0.3) is 0 Å². The van der Waals surface area contributed by atoms with E-state index < -0.39 is 22.2 Å². The first-order valence-corrected chi connectivity index (χ1v) is 9.94. The van der Waals surface area contributed by atoms with Crippen LogP contribution in [-0.4, -0.2) is 17.5 Å². The zero-order chi connectivity index (χ0) is 18.6. The van der Waals surface area contributed by atoms with Gasteiger partial charge in [0.2, 0.25) is 0 Å². The molecule has 132 valence electrons. The average Bonchev–Trinajstić information content (AvgIpc) is 2.46. The molecule has 0 fully saturated rings. The van der Waals surface area contributed by atoms with Gasteiger partial charge in [0.25, 0.3) is 0 Å². The molecule has 0 aliphatic rings. The number of hydrogen-bond acceptors (Lipinski definition) is 4. The molecule has 0 bridgehead atoms. The van der Waals surface area contributed by atoms with Gasteiger partial charge in [-0.15, -0.1) is 0 Å². The molecule has 0 aliphatic heterocycles. The van der Waals surface area contributed by atoms with Crippen molar-refractivity contribution in [2.75, 3.05) is 0 Å². The van der Waals surface area contributed by atoms with E-state index >= 15 is 0 Å². The Labute approximate surface area is 191 Å². The van der Waals surface area contributed by atoms with Gasteiger partial charge in [-0.25, -0.2) is 0 Å². The van der Waals surface area contributed by atoms with Gasteiger partial charge >= 0.3 is 19.5 Å². The van der Waals surface area contributed by atoms with Gasteiger partial charge in [0, 0.05) is 9.79 Å². The van der Waals surface area contributed by atoms with Crippen molar-refractivity contribution in [2.45, 2.75) is 9.79 Å². The van der Waals surface area contributed by atoms with Crippen LogP contribution in [-0.2, 0) is 41.6 Å². The Morgan fingerprint density at radius 3 is 1.04 bits per heavy atom. The molecule has 2 rings (SSSR count). The zero-order valence-corrected chi connectivity index (χ0v) is 20.9. The maximum atomic E-state index is 10.5. The van der Waals surface area contributed by atoms with Crippen LogP contribution in [0.4, 0.5) is 0 Å². The summed E-state index contributed by atoms with van der Waals surface area (Å²) < 4.78 is 42.0. The summed E-state index contributed by atoms with van der Waals surface area (Å²) in [5.74, 6) is 0. The summed E-state index contributed by atoms with van der Waals surface area (Å²) in [5.41, 5.74) is 0. The van der Waals surface area contributed by atoms with Crippen molar-refractivity contribution >= 4 is 91.8 Å². The van der Waals surface area contributed by atoms with E-state index in [4.69, 9.17) is 69.6 Å². The standard InChI is InChI=1S/2C6H3Cl3O2S.Zn/c2*7-3-1-5(9)6(12(10)11)2-4(3)8;/h2*1-2H,(H,10,11);/q;;+2/p-2. The summed E-state index contributed by atoms with van der Waals surface area (Å²) in [6, 6.07) is 4.98. The van der Waals surface area contributed by atoms with Crippen molar-refractivity contribution in [3.63, 3.8) is 0 Å². The fourth-order valence-electron chi connectivity index (χ4n) is 1.26. The van der Waals surface area contributed by atoms with Crippen LogP contribution in [0.2, 0.25) is 30.1 Å². The molecule has 0 aliphatic carbocycles. The van der Waals surface area contributed by atoms with E-state index in [1.807, 2.05) is 0 Å². The summed E-state index contributed by atoms with van der Waals surface area (Å²) in [6.45, 7) is 0. The summed E-state index contributed by atoms with van der Waals surface area (Å²) in [5, 5.41) is 0.933. The zero-order valence-electron chi connectivity index (χ0n) is 11.7. The third kappa shape index (κ3) is 7.88. The largest absolute Gasteiger partial charge is 2.00 e. The summed E-state index contributed by atoms with van der Waals surface area (Å²) in [7, 11) is 0. The molecule has 0 saturated carbocycles. The first-order valence-electron chi connectivity index (χ1n) is 5.52. The van der Waals surface area contributed by atoms with Gasteiger partial charge in [-0.05, 0) is 46.4 Å². The molecule has 0 N–H and O–H groups in total.